The zero-order chi connectivity index (χ0) is 21.1. The summed E-state index contributed by atoms with van der Waals surface area (Å²) in [5.74, 6) is 0.896. The Morgan fingerprint density at radius 1 is 1.07 bits per heavy atom. The first-order chi connectivity index (χ1) is 14.6. The van der Waals surface area contributed by atoms with E-state index in [-0.39, 0.29) is 29.7 Å². The van der Waals surface area contributed by atoms with Crippen molar-refractivity contribution >= 4 is 11.8 Å². The summed E-state index contributed by atoms with van der Waals surface area (Å²) in [6, 6.07) is 8.09. The third kappa shape index (κ3) is 4.15. The highest BCUT2D eigenvalue weighted by molar-refractivity contribution is 5.96. The molecule has 1 heterocycles. The minimum atomic E-state index is -0.768. The minimum absolute atomic E-state index is 0.00928. The van der Waals surface area contributed by atoms with Crippen molar-refractivity contribution in [3.05, 3.63) is 47.9 Å². The van der Waals surface area contributed by atoms with Gasteiger partial charge < -0.3 is 24.1 Å². The van der Waals surface area contributed by atoms with Crippen LogP contribution in [0.3, 0.4) is 0 Å². The molecule has 0 saturated heterocycles. The monoisotopic (exact) mass is 412 g/mol. The van der Waals surface area contributed by atoms with E-state index in [1.165, 1.54) is 6.26 Å². The number of benzene rings is 1. The van der Waals surface area contributed by atoms with Crippen molar-refractivity contribution in [3.63, 3.8) is 0 Å². The summed E-state index contributed by atoms with van der Waals surface area (Å²) < 4.78 is 16.2. The molecule has 2 aromatic rings. The summed E-state index contributed by atoms with van der Waals surface area (Å²) in [7, 11) is 3.13. The second-order valence-electron chi connectivity index (χ2n) is 7.93. The maximum atomic E-state index is 13.5. The lowest BCUT2D eigenvalue weighted by atomic mass is 10.0. The molecule has 160 valence electrons. The van der Waals surface area contributed by atoms with Crippen LogP contribution >= 0.6 is 0 Å². The van der Waals surface area contributed by atoms with E-state index in [0.717, 1.165) is 38.5 Å². The average molecular weight is 412 g/mol. The van der Waals surface area contributed by atoms with Crippen molar-refractivity contribution < 1.29 is 23.5 Å². The largest absolute Gasteiger partial charge is 0.493 e. The first-order valence-electron chi connectivity index (χ1n) is 10.5. The smallest absolute Gasteiger partial charge is 0.290 e. The van der Waals surface area contributed by atoms with Gasteiger partial charge in [0.25, 0.3) is 5.91 Å². The maximum Gasteiger partial charge on any atom is 0.290 e. The van der Waals surface area contributed by atoms with Crippen molar-refractivity contribution in [1.29, 1.82) is 0 Å². The molecule has 1 N–H and O–H groups in total. The van der Waals surface area contributed by atoms with Gasteiger partial charge in [0.15, 0.2) is 17.3 Å². The maximum absolute atomic E-state index is 13.5. The molecule has 2 aliphatic carbocycles. The van der Waals surface area contributed by atoms with Crippen molar-refractivity contribution in [2.75, 3.05) is 14.2 Å². The zero-order valence-corrected chi connectivity index (χ0v) is 17.4. The van der Waals surface area contributed by atoms with Crippen LogP contribution in [0.25, 0.3) is 0 Å². The zero-order valence-electron chi connectivity index (χ0n) is 17.4. The first-order valence-corrected chi connectivity index (χ1v) is 10.5. The van der Waals surface area contributed by atoms with E-state index >= 15 is 0 Å². The Morgan fingerprint density at radius 2 is 1.80 bits per heavy atom. The molecule has 2 aliphatic rings. The summed E-state index contributed by atoms with van der Waals surface area (Å²) in [6.07, 6.45) is 7.38. The number of hydrogen-bond acceptors (Lipinski definition) is 5. The molecule has 7 nitrogen and oxygen atoms in total. The van der Waals surface area contributed by atoms with E-state index in [9.17, 15) is 9.59 Å². The SMILES string of the molecule is COc1ccc([C@H](C(=O)NC2CCCC2)N(C(=O)c2ccco2)C2CC2)cc1OC. The van der Waals surface area contributed by atoms with Crippen LogP contribution in [-0.4, -0.2) is 43.0 Å². The molecule has 1 aromatic heterocycles. The molecule has 0 spiro atoms. The van der Waals surface area contributed by atoms with E-state index in [0.29, 0.717) is 17.1 Å². The molecule has 2 amide bonds. The number of carbonyl (C=O) groups is 2. The number of amides is 2. The molecule has 1 atom stereocenters. The third-order valence-corrected chi connectivity index (χ3v) is 5.86. The Morgan fingerprint density at radius 3 is 2.40 bits per heavy atom. The third-order valence-electron chi connectivity index (χ3n) is 5.86. The minimum Gasteiger partial charge on any atom is -0.493 e. The Hall–Kier alpha value is -2.96. The van der Waals surface area contributed by atoms with Gasteiger partial charge in [-0.2, -0.15) is 0 Å². The van der Waals surface area contributed by atoms with Crippen LogP contribution in [-0.2, 0) is 4.79 Å². The summed E-state index contributed by atoms with van der Waals surface area (Å²) in [5, 5.41) is 3.17. The molecule has 0 bridgehead atoms. The predicted octanol–water partition coefficient (Wildman–Crippen LogP) is 3.70. The van der Waals surface area contributed by atoms with Gasteiger partial charge in [0.05, 0.1) is 20.5 Å². The van der Waals surface area contributed by atoms with Gasteiger partial charge in [-0.05, 0) is 55.5 Å². The lowest BCUT2D eigenvalue weighted by Crippen LogP contribution is -2.47. The lowest BCUT2D eigenvalue weighted by Gasteiger charge is -2.32. The van der Waals surface area contributed by atoms with Crippen LogP contribution in [0, 0.1) is 0 Å². The molecule has 2 fully saturated rings. The van der Waals surface area contributed by atoms with E-state index < -0.39 is 6.04 Å². The number of rotatable bonds is 8. The first kappa shape index (κ1) is 20.3. The molecule has 0 aliphatic heterocycles. The molecule has 7 heteroatoms. The van der Waals surface area contributed by atoms with Crippen molar-refractivity contribution in [2.24, 2.45) is 0 Å². The molecule has 0 radical (unpaired) electrons. The Kier molecular flexibility index (Phi) is 5.97. The highest BCUT2D eigenvalue weighted by Crippen LogP contribution is 2.39. The fraction of sp³-hybridized carbons (Fsp3) is 0.478. The number of hydrogen-bond donors (Lipinski definition) is 1. The van der Waals surface area contributed by atoms with Gasteiger partial charge in [0, 0.05) is 12.1 Å². The molecule has 1 aromatic carbocycles. The average Bonchev–Trinajstić information content (AvgIpc) is 3.20. The molecular formula is C23H28N2O5. The van der Waals surface area contributed by atoms with Crippen LogP contribution in [0.1, 0.15) is 60.7 Å². The molecular weight excluding hydrogens is 384 g/mol. The number of carbonyl (C=O) groups excluding carboxylic acids is 2. The van der Waals surface area contributed by atoms with E-state index in [2.05, 4.69) is 5.32 Å². The number of methoxy groups -OCH3 is 2. The van der Waals surface area contributed by atoms with Crippen molar-refractivity contribution in [2.45, 2.75) is 56.7 Å². The topological polar surface area (TPSA) is 81.0 Å². The highest BCUT2D eigenvalue weighted by atomic mass is 16.5. The normalized spacial score (nSPS) is 17.4. The molecule has 4 rings (SSSR count). The van der Waals surface area contributed by atoms with Crippen LogP contribution in [0.2, 0.25) is 0 Å². The van der Waals surface area contributed by atoms with Gasteiger partial charge in [-0.3, -0.25) is 9.59 Å². The van der Waals surface area contributed by atoms with Crippen LogP contribution in [0.15, 0.2) is 41.0 Å². The Bertz CT molecular complexity index is 885. The number of ether oxygens (including phenoxy) is 2. The lowest BCUT2D eigenvalue weighted by molar-refractivity contribution is -0.126. The summed E-state index contributed by atoms with van der Waals surface area (Å²) >= 11 is 0. The standard InChI is InChI=1S/C23H28N2O5/c1-28-18-12-9-15(14-20(18)29-2)21(22(26)24-16-6-3-4-7-16)25(17-10-11-17)23(27)19-8-5-13-30-19/h5,8-9,12-14,16-17,21H,3-4,6-7,10-11H2,1-2H3,(H,24,26)/t21-/m1/s1. The Balaban J connectivity index is 1.72. The number of nitrogens with one attached hydrogen (secondary N) is 1. The molecule has 0 unspecified atom stereocenters. The quantitative estimate of drug-likeness (QED) is 0.715. The van der Waals surface area contributed by atoms with Crippen LogP contribution in [0.5, 0.6) is 11.5 Å². The van der Waals surface area contributed by atoms with Gasteiger partial charge in [0.1, 0.15) is 6.04 Å². The van der Waals surface area contributed by atoms with Gasteiger partial charge in [-0.25, -0.2) is 0 Å². The molecule has 30 heavy (non-hydrogen) atoms. The molecule has 2 saturated carbocycles. The fourth-order valence-electron chi connectivity index (χ4n) is 4.19. The van der Waals surface area contributed by atoms with E-state index in [4.69, 9.17) is 13.9 Å². The van der Waals surface area contributed by atoms with Crippen molar-refractivity contribution in [3.8, 4) is 11.5 Å². The predicted molar refractivity (Wildman–Crippen MR) is 111 cm³/mol. The fourth-order valence-corrected chi connectivity index (χ4v) is 4.19. The summed E-state index contributed by atoms with van der Waals surface area (Å²) in [5.41, 5.74) is 0.690. The van der Waals surface area contributed by atoms with E-state index in [1.807, 2.05) is 6.07 Å². The second-order valence-corrected chi connectivity index (χ2v) is 7.93. The van der Waals surface area contributed by atoms with E-state index in [1.54, 1.807) is 43.4 Å². The highest BCUT2D eigenvalue weighted by Gasteiger charge is 2.43. The summed E-state index contributed by atoms with van der Waals surface area (Å²) in [6.45, 7) is 0. The Labute approximate surface area is 176 Å². The number of furan rings is 1. The van der Waals surface area contributed by atoms with Crippen LogP contribution in [0.4, 0.5) is 0 Å². The summed E-state index contributed by atoms with van der Waals surface area (Å²) in [4.78, 5) is 28.5. The number of nitrogens with zero attached hydrogens (tertiary/aromatic N) is 1. The van der Waals surface area contributed by atoms with Crippen LogP contribution < -0.4 is 14.8 Å². The van der Waals surface area contributed by atoms with Gasteiger partial charge in [-0.15, -0.1) is 0 Å². The van der Waals surface area contributed by atoms with Gasteiger partial charge in [-0.1, -0.05) is 18.9 Å². The van der Waals surface area contributed by atoms with Crippen molar-refractivity contribution in [1.82, 2.24) is 10.2 Å². The van der Waals surface area contributed by atoms with Gasteiger partial charge >= 0.3 is 0 Å². The second kappa shape index (κ2) is 8.81. The van der Waals surface area contributed by atoms with Gasteiger partial charge in [0.2, 0.25) is 5.91 Å².